The number of hydrogen-bond acceptors (Lipinski definition) is 5. The van der Waals surface area contributed by atoms with Crippen LogP contribution in [0, 0.1) is 0 Å². The summed E-state index contributed by atoms with van der Waals surface area (Å²) in [6.07, 6.45) is 0. The molecular weight excluding hydrogens is 749 g/mol. The van der Waals surface area contributed by atoms with Crippen LogP contribution in [0.3, 0.4) is 0 Å². The number of fused-ring (bicyclic) bond motifs is 16. The van der Waals surface area contributed by atoms with E-state index >= 15 is 0 Å². The fourth-order valence-electron chi connectivity index (χ4n) is 9.21. The first kappa shape index (κ1) is 33.5. The van der Waals surface area contributed by atoms with E-state index in [1.807, 2.05) is 60.7 Å². The fraction of sp³-hybridized carbons (Fsp3) is 0. The minimum atomic E-state index is 0.604. The van der Waals surface area contributed by atoms with Gasteiger partial charge in [0.2, 0.25) is 0 Å². The predicted molar refractivity (Wildman–Crippen MR) is 247 cm³/mol. The van der Waals surface area contributed by atoms with Gasteiger partial charge in [0.15, 0.2) is 17.5 Å². The Labute approximate surface area is 348 Å². The largest absolute Gasteiger partial charge is 0.309 e. The molecule has 0 spiro atoms. The number of aromatic nitrogens is 8. The molecule has 284 valence electrons. The summed E-state index contributed by atoms with van der Waals surface area (Å²) in [6, 6.07) is 67.3. The van der Waals surface area contributed by atoms with Crippen molar-refractivity contribution < 1.29 is 0 Å². The van der Waals surface area contributed by atoms with Crippen LogP contribution in [-0.2, 0) is 0 Å². The van der Waals surface area contributed by atoms with Crippen molar-refractivity contribution in [3.05, 3.63) is 194 Å². The SMILES string of the molecule is c1ccc(-c2nc(-c3ccccc3)nc(-c3cccc(-n4c5ccccc5c5c6c(ccc54)n4c5ccccc5nc4c4ccccc4n4c5ccccc5nc64)c3)n2)cc1. The molecule has 61 heavy (non-hydrogen) atoms. The zero-order valence-corrected chi connectivity index (χ0v) is 32.6. The van der Waals surface area contributed by atoms with Crippen molar-refractivity contribution in [1.29, 1.82) is 0 Å². The monoisotopic (exact) mass is 780 g/mol. The quantitative estimate of drug-likeness (QED) is 0.178. The molecule has 0 bridgehead atoms. The Morgan fingerprint density at radius 1 is 0.295 bits per heavy atom. The first-order valence-electron chi connectivity index (χ1n) is 20.4. The van der Waals surface area contributed by atoms with Crippen molar-refractivity contribution >= 4 is 77.0 Å². The lowest BCUT2D eigenvalue weighted by molar-refractivity contribution is 1.07. The summed E-state index contributed by atoms with van der Waals surface area (Å²) in [5.74, 6) is 1.86. The number of hydrogen-bond donors (Lipinski definition) is 0. The Hall–Kier alpha value is -8.49. The Morgan fingerprint density at radius 2 is 0.787 bits per heavy atom. The molecule has 5 heterocycles. The smallest absolute Gasteiger partial charge is 0.164 e. The van der Waals surface area contributed by atoms with Crippen LogP contribution in [0.4, 0.5) is 0 Å². The molecule has 0 atom stereocenters. The predicted octanol–water partition coefficient (Wildman–Crippen LogP) is 12.4. The van der Waals surface area contributed by atoms with Crippen LogP contribution in [0.25, 0.3) is 117 Å². The summed E-state index contributed by atoms with van der Waals surface area (Å²) in [7, 11) is 0. The molecule has 0 radical (unpaired) electrons. The molecule has 13 aromatic rings. The fourth-order valence-corrected chi connectivity index (χ4v) is 9.21. The summed E-state index contributed by atoms with van der Waals surface area (Å²) in [6.45, 7) is 0. The number of nitrogens with zero attached hydrogens (tertiary/aromatic N) is 8. The molecule has 8 nitrogen and oxygen atoms in total. The van der Waals surface area contributed by atoms with Crippen LogP contribution in [0.15, 0.2) is 194 Å². The van der Waals surface area contributed by atoms with E-state index < -0.39 is 0 Å². The van der Waals surface area contributed by atoms with Gasteiger partial charge in [-0.15, -0.1) is 0 Å². The first-order valence-corrected chi connectivity index (χ1v) is 20.4. The Kier molecular flexibility index (Phi) is 7.14. The standard InChI is InChI=1S/C53H32N8/c1-3-16-33(17-4-1)49-56-50(34-18-5-2-6-19-34)58-51(57-49)35-20-15-21-36(32-35)59-41-26-11-7-22-37(41)47-45(59)30-31-46-48(47)53-55-40-25-10-13-28-43(40)60(53)42-27-12-8-23-38(42)52-54-39-24-9-14-29-44(39)61(46)52/h1-32H. The molecule has 5 aromatic heterocycles. The van der Waals surface area contributed by atoms with Crippen LogP contribution < -0.4 is 0 Å². The van der Waals surface area contributed by atoms with E-state index in [-0.39, 0.29) is 0 Å². The van der Waals surface area contributed by atoms with Crippen molar-refractivity contribution in [2.45, 2.75) is 0 Å². The van der Waals surface area contributed by atoms with E-state index in [1.165, 1.54) is 0 Å². The third kappa shape index (κ3) is 5.03. The van der Waals surface area contributed by atoms with Gasteiger partial charge < -0.3 is 4.57 Å². The van der Waals surface area contributed by atoms with Gasteiger partial charge in [-0.05, 0) is 66.7 Å². The molecule has 0 N–H and O–H groups in total. The molecule has 0 aliphatic heterocycles. The molecule has 0 saturated heterocycles. The summed E-state index contributed by atoms with van der Waals surface area (Å²) < 4.78 is 7.01. The second-order valence-electron chi connectivity index (χ2n) is 15.3. The zero-order valence-electron chi connectivity index (χ0n) is 32.6. The zero-order chi connectivity index (χ0) is 40.0. The van der Waals surface area contributed by atoms with E-state index in [1.54, 1.807) is 0 Å². The summed E-state index contributed by atoms with van der Waals surface area (Å²) in [5, 5.41) is 4.31. The van der Waals surface area contributed by atoms with E-state index in [9.17, 15) is 0 Å². The van der Waals surface area contributed by atoms with Crippen molar-refractivity contribution in [1.82, 2.24) is 38.3 Å². The van der Waals surface area contributed by atoms with Crippen molar-refractivity contribution in [2.24, 2.45) is 0 Å². The van der Waals surface area contributed by atoms with Crippen LogP contribution >= 0.6 is 0 Å². The van der Waals surface area contributed by atoms with Crippen LogP contribution in [0.5, 0.6) is 0 Å². The molecule has 8 aromatic carbocycles. The van der Waals surface area contributed by atoms with Crippen molar-refractivity contribution in [3.63, 3.8) is 0 Å². The van der Waals surface area contributed by atoms with Gasteiger partial charge in [0.1, 0.15) is 11.3 Å². The number of imidazole rings is 2. The van der Waals surface area contributed by atoms with Gasteiger partial charge in [0, 0.05) is 38.5 Å². The van der Waals surface area contributed by atoms with Gasteiger partial charge in [0.25, 0.3) is 0 Å². The second-order valence-corrected chi connectivity index (χ2v) is 15.3. The van der Waals surface area contributed by atoms with Crippen LogP contribution in [-0.4, -0.2) is 38.3 Å². The molecule has 0 unspecified atom stereocenters. The lowest BCUT2D eigenvalue weighted by Crippen LogP contribution is -2.01. The summed E-state index contributed by atoms with van der Waals surface area (Å²) in [5.41, 5.74) is 13.6. The third-order valence-electron chi connectivity index (χ3n) is 11.9. The maximum Gasteiger partial charge on any atom is 0.164 e. The Bertz CT molecular complexity index is 3870. The minimum absolute atomic E-state index is 0.604. The highest BCUT2D eigenvalue weighted by Crippen LogP contribution is 2.41. The van der Waals surface area contributed by atoms with E-state index in [0.29, 0.717) is 17.5 Å². The van der Waals surface area contributed by atoms with Gasteiger partial charge >= 0.3 is 0 Å². The lowest BCUT2D eigenvalue weighted by Gasteiger charge is -2.12. The second kappa shape index (κ2) is 13.0. The first-order chi connectivity index (χ1) is 30.3. The van der Waals surface area contributed by atoms with Gasteiger partial charge in [0.05, 0.1) is 49.5 Å². The minimum Gasteiger partial charge on any atom is -0.309 e. The van der Waals surface area contributed by atoms with Crippen LogP contribution in [0.1, 0.15) is 0 Å². The summed E-state index contributed by atoms with van der Waals surface area (Å²) >= 11 is 0. The van der Waals surface area contributed by atoms with E-state index in [2.05, 4.69) is 147 Å². The maximum atomic E-state index is 5.49. The molecule has 8 heteroatoms. The number of benzene rings is 8. The van der Waals surface area contributed by atoms with Gasteiger partial charge in [-0.3, -0.25) is 8.80 Å². The molecular formula is C53H32N8. The number of rotatable bonds is 4. The molecule has 0 fully saturated rings. The highest BCUT2D eigenvalue weighted by Gasteiger charge is 2.22. The third-order valence-corrected chi connectivity index (χ3v) is 11.9. The molecule has 0 aliphatic carbocycles. The van der Waals surface area contributed by atoms with Gasteiger partial charge in [-0.25, -0.2) is 24.9 Å². The Balaban J connectivity index is 1.15. The van der Waals surface area contributed by atoms with Crippen molar-refractivity contribution in [3.8, 4) is 39.9 Å². The molecule has 0 saturated carbocycles. The summed E-state index contributed by atoms with van der Waals surface area (Å²) in [4.78, 5) is 25.9. The Morgan fingerprint density at radius 3 is 1.46 bits per heavy atom. The maximum absolute atomic E-state index is 5.49. The van der Waals surface area contributed by atoms with E-state index in [4.69, 9.17) is 24.9 Å². The van der Waals surface area contributed by atoms with Gasteiger partial charge in [-0.2, -0.15) is 0 Å². The van der Waals surface area contributed by atoms with Crippen LogP contribution in [0.2, 0.25) is 0 Å². The lowest BCUT2D eigenvalue weighted by atomic mass is 10.1. The topological polar surface area (TPSA) is 78.2 Å². The van der Waals surface area contributed by atoms with Gasteiger partial charge in [-0.1, -0.05) is 127 Å². The van der Waals surface area contributed by atoms with Crippen molar-refractivity contribution in [2.75, 3.05) is 0 Å². The molecule has 0 amide bonds. The number of para-hydroxylation sites is 6. The average Bonchev–Trinajstić information content (AvgIpc) is 4.01. The average molecular weight is 781 g/mol. The highest BCUT2D eigenvalue weighted by atomic mass is 15.1. The normalized spacial score (nSPS) is 11.9. The molecule has 0 aliphatic rings. The van der Waals surface area contributed by atoms with E-state index in [0.717, 1.165) is 99.4 Å². The highest BCUT2D eigenvalue weighted by molar-refractivity contribution is 6.25. The molecule has 13 rings (SSSR count).